The molecule has 0 spiro atoms. The number of hydroxylamine groups is 2. The van der Waals surface area contributed by atoms with Crippen molar-refractivity contribution in [1.82, 2.24) is 5.06 Å². The van der Waals surface area contributed by atoms with Crippen LogP contribution in [0.1, 0.15) is 89.0 Å². The minimum atomic E-state index is -0.451. The molecule has 1 heterocycles. The highest BCUT2D eigenvalue weighted by Crippen LogP contribution is 2.44. The van der Waals surface area contributed by atoms with Gasteiger partial charge in [0.15, 0.2) is 5.78 Å². The normalized spacial score (nSPS) is 31.1. The molecule has 0 aromatic carbocycles. The molecular formula is C19H41NO3. The van der Waals surface area contributed by atoms with Crippen molar-refractivity contribution in [3.8, 4) is 0 Å². The minimum absolute atomic E-state index is 0.0213. The van der Waals surface area contributed by atoms with E-state index in [1.807, 2.05) is 32.8 Å². The molecule has 1 aliphatic heterocycles. The van der Waals surface area contributed by atoms with Gasteiger partial charge >= 0.3 is 0 Å². The summed E-state index contributed by atoms with van der Waals surface area (Å²) in [5.74, 6) is 0.123. The van der Waals surface area contributed by atoms with Crippen molar-refractivity contribution in [2.45, 2.75) is 112 Å². The lowest BCUT2D eigenvalue weighted by molar-refractivity contribution is -0.323. The minimum Gasteiger partial charge on any atom is -0.393 e. The maximum absolute atomic E-state index is 11.5. The van der Waals surface area contributed by atoms with E-state index in [0.717, 1.165) is 6.42 Å². The number of aliphatic hydroxyl groups is 1. The van der Waals surface area contributed by atoms with Crippen LogP contribution in [0.4, 0.5) is 0 Å². The van der Waals surface area contributed by atoms with Gasteiger partial charge in [-0.05, 0) is 47.5 Å². The zero-order valence-corrected chi connectivity index (χ0v) is 17.4. The number of nitrogens with zero attached hydrogens (tertiary/aromatic N) is 1. The average molecular weight is 332 g/mol. The standard InChI is InChI=1S/C15H29NO3.2C2H6/c1-8-15(7)10(2)13(18)9-14(5,6)16(15)19-12(4)11(3)17;2*1-2/h10,12-13,18H,8-9H2,1-7H3;2*1-2H3. The lowest BCUT2D eigenvalue weighted by atomic mass is 9.71. The molecule has 0 aromatic rings. The van der Waals surface area contributed by atoms with Crippen molar-refractivity contribution in [1.29, 1.82) is 0 Å². The first kappa shape index (κ1) is 24.8. The van der Waals surface area contributed by atoms with E-state index in [1.54, 1.807) is 13.8 Å². The Morgan fingerprint density at radius 2 is 1.70 bits per heavy atom. The van der Waals surface area contributed by atoms with Crippen LogP contribution in [-0.4, -0.2) is 39.2 Å². The van der Waals surface area contributed by atoms with E-state index in [4.69, 9.17) is 4.84 Å². The predicted molar refractivity (Wildman–Crippen MR) is 98.3 cm³/mol. The van der Waals surface area contributed by atoms with Crippen molar-refractivity contribution in [3.63, 3.8) is 0 Å². The maximum atomic E-state index is 11.5. The molecule has 1 aliphatic rings. The number of carbonyl (C=O) groups is 1. The van der Waals surface area contributed by atoms with Gasteiger partial charge in [-0.25, -0.2) is 0 Å². The number of aliphatic hydroxyl groups excluding tert-OH is 1. The number of ketones is 1. The molecule has 4 heteroatoms. The highest BCUT2D eigenvalue weighted by Gasteiger charge is 2.52. The Bertz CT molecular complexity index is 344. The highest BCUT2D eigenvalue weighted by atomic mass is 16.7. The molecule has 0 radical (unpaired) electrons. The number of hydrogen-bond donors (Lipinski definition) is 1. The third-order valence-corrected chi connectivity index (χ3v) is 4.83. The molecule has 0 aliphatic carbocycles. The van der Waals surface area contributed by atoms with Crippen LogP contribution in [0.3, 0.4) is 0 Å². The van der Waals surface area contributed by atoms with Gasteiger partial charge in [0, 0.05) is 17.0 Å². The Kier molecular flexibility index (Phi) is 11.2. The summed E-state index contributed by atoms with van der Waals surface area (Å²) >= 11 is 0. The van der Waals surface area contributed by atoms with E-state index in [2.05, 4.69) is 34.6 Å². The lowest BCUT2D eigenvalue weighted by Gasteiger charge is -2.57. The van der Waals surface area contributed by atoms with Crippen LogP contribution in [0.25, 0.3) is 0 Å². The summed E-state index contributed by atoms with van der Waals surface area (Å²) in [7, 11) is 0. The van der Waals surface area contributed by atoms with Gasteiger partial charge in [-0.1, -0.05) is 41.5 Å². The molecule has 0 saturated carbocycles. The Hall–Kier alpha value is -0.450. The van der Waals surface area contributed by atoms with Crippen LogP contribution < -0.4 is 0 Å². The third-order valence-electron chi connectivity index (χ3n) is 4.83. The Balaban J connectivity index is 0. The molecule has 4 atom stereocenters. The molecule has 23 heavy (non-hydrogen) atoms. The predicted octanol–water partition coefficient (Wildman–Crippen LogP) is 4.60. The molecule has 4 unspecified atom stereocenters. The summed E-state index contributed by atoms with van der Waals surface area (Å²) in [6.07, 6.45) is 0.716. The molecule has 4 nitrogen and oxygen atoms in total. The van der Waals surface area contributed by atoms with Crippen molar-refractivity contribution >= 4 is 5.78 Å². The van der Waals surface area contributed by atoms with Crippen molar-refractivity contribution in [2.24, 2.45) is 5.92 Å². The van der Waals surface area contributed by atoms with Crippen molar-refractivity contribution in [2.75, 3.05) is 0 Å². The van der Waals surface area contributed by atoms with Gasteiger partial charge in [-0.2, -0.15) is 5.06 Å². The molecule has 1 rings (SSSR count). The molecule has 1 N–H and O–H groups in total. The Labute approximate surface area is 144 Å². The van der Waals surface area contributed by atoms with E-state index >= 15 is 0 Å². The van der Waals surface area contributed by atoms with Gasteiger partial charge in [0.25, 0.3) is 0 Å². The molecule has 0 amide bonds. The van der Waals surface area contributed by atoms with Crippen molar-refractivity contribution in [3.05, 3.63) is 0 Å². The summed E-state index contributed by atoms with van der Waals surface area (Å²) in [4.78, 5) is 17.4. The number of piperidine rings is 1. The first-order chi connectivity index (χ1) is 10.6. The fourth-order valence-corrected chi connectivity index (χ4v) is 3.02. The average Bonchev–Trinajstić information content (AvgIpc) is 2.52. The second-order valence-electron chi connectivity index (χ2n) is 6.74. The maximum Gasteiger partial charge on any atom is 0.160 e. The smallest absolute Gasteiger partial charge is 0.160 e. The van der Waals surface area contributed by atoms with Gasteiger partial charge in [-0.3, -0.25) is 9.63 Å². The van der Waals surface area contributed by atoms with E-state index in [-0.39, 0.29) is 28.9 Å². The van der Waals surface area contributed by atoms with Crippen LogP contribution in [0.5, 0.6) is 0 Å². The van der Waals surface area contributed by atoms with Crippen LogP contribution in [0, 0.1) is 5.92 Å². The number of carbonyl (C=O) groups excluding carboxylic acids is 1. The summed E-state index contributed by atoms with van der Waals surface area (Å²) < 4.78 is 0. The van der Waals surface area contributed by atoms with Crippen LogP contribution >= 0.6 is 0 Å². The Morgan fingerprint density at radius 3 is 2.04 bits per heavy atom. The quantitative estimate of drug-likeness (QED) is 0.818. The van der Waals surface area contributed by atoms with Crippen LogP contribution in [0.2, 0.25) is 0 Å². The van der Waals surface area contributed by atoms with E-state index in [1.165, 1.54) is 0 Å². The van der Waals surface area contributed by atoms with E-state index < -0.39 is 6.10 Å². The largest absolute Gasteiger partial charge is 0.393 e. The second kappa shape index (κ2) is 10.4. The summed E-state index contributed by atoms with van der Waals surface area (Å²) in [5.41, 5.74) is -0.564. The third kappa shape index (κ3) is 5.84. The van der Waals surface area contributed by atoms with Gasteiger partial charge in [0.1, 0.15) is 6.10 Å². The zero-order valence-electron chi connectivity index (χ0n) is 17.4. The SMILES string of the molecule is CC.CC.CCC1(C)C(C)C(O)CC(C)(C)N1OC(C)C(C)=O. The molecule has 0 bridgehead atoms. The Morgan fingerprint density at radius 1 is 1.26 bits per heavy atom. The first-order valence-electron chi connectivity index (χ1n) is 9.22. The van der Waals surface area contributed by atoms with E-state index in [9.17, 15) is 9.90 Å². The fourth-order valence-electron chi connectivity index (χ4n) is 3.02. The molecule has 1 fully saturated rings. The monoisotopic (exact) mass is 331 g/mol. The lowest BCUT2D eigenvalue weighted by Crippen LogP contribution is -2.67. The summed E-state index contributed by atoms with van der Waals surface area (Å²) in [5, 5.41) is 12.3. The van der Waals surface area contributed by atoms with E-state index in [0.29, 0.717) is 6.42 Å². The summed E-state index contributed by atoms with van der Waals surface area (Å²) in [6.45, 7) is 21.7. The molecule has 0 aromatic heterocycles. The summed E-state index contributed by atoms with van der Waals surface area (Å²) in [6, 6.07) is 0. The van der Waals surface area contributed by atoms with Crippen molar-refractivity contribution < 1.29 is 14.7 Å². The molecular weight excluding hydrogens is 290 g/mol. The van der Waals surface area contributed by atoms with Gasteiger partial charge < -0.3 is 5.11 Å². The first-order valence-corrected chi connectivity index (χ1v) is 9.22. The zero-order chi connectivity index (χ0) is 19.0. The topological polar surface area (TPSA) is 49.8 Å². The highest BCUT2D eigenvalue weighted by molar-refractivity contribution is 5.79. The van der Waals surface area contributed by atoms with Crippen LogP contribution in [0.15, 0.2) is 0 Å². The number of rotatable bonds is 4. The number of Topliss-reactive ketones (excluding diaryl/α,β-unsaturated/α-hetero) is 1. The molecule has 1 saturated heterocycles. The van der Waals surface area contributed by atoms with Gasteiger partial charge in [-0.15, -0.1) is 0 Å². The second-order valence-corrected chi connectivity index (χ2v) is 6.74. The van der Waals surface area contributed by atoms with Gasteiger partial charge in [0.05, 0.1) is 6.10 Å². The molecule has 140 valence electrons. The fraction of sp³-hybridized carbons (Fsp3) is 0.947. The number of hydrogen-bond acceptors (Lipinski definition) is 4. The van der Waals surface area contributed by atoms with Crippen LogP contribution in [-0.2, 0) is 9.63 Å². The van der Waals surface area contributed by atoms with Gasteiger partial charge in [0.2, 0.25) is 0 Å².